The lowest BCUT2D eigenvalue weighted by Crippen LogP contribution is -2.35. The molecule has 0 radical (unpaired) electrons. The van der Waals surface area contributed by atoms with E-state index in [0.717, 1.165) is 38.0 Å². The quantitative estimate of drug-likeness (QED) is 0.856. The van der Waals surface area contributed by atoms with E-state index in [4.69, 9.17) is 0 Å². The summed E-state index contributed by atoms with van der Waals surface area (Å²) in [4.78, 5) is 12.2. The molecule has 0 bridgehead atoms. The predicted octanol–water partition coefficient (Wildman–Crippen LogP) is 1.94. The van der Waals surface area contributed by atoms with Crippen molar-refractivity contribution in [3.05, 3.63) is 24.0 Å². The van der Waals surface area contributed by atoms with Gasteiger partial charge in [-0.25, -0.2) is 0 Å². The van der Waals surface area contributed by atoms with Crippen LogP contribution in [0.1, 0.15) is 49.6 Å². The van der Waals surface area contributed by atoms with Gasteiger partial charge in [-0.3, -0.25) is 4.79 Å². The first kappa shape index (κ1) is 13.1. The van der Waals surface area contributed by atoms with Gasteiger partial charge < -0.3 is 15.2 Å². The van der Waals surface area contributed by atoms with E-state index in [-0.39, 0.29) is 11.9 Å². The third-order valence-corrected chi connectivity index (χ3v) is 3.70. The van der Waals surface area contributed by atoms with Crippen molar-refractivity contribution >= 4 is 5.91 Å². The summed E-state index contributed by atoms with van der Waals surface area (Å²) in [6.07, 6.45) is 5.18. The first-order valence-electron chi connectivity index (χ1n) is 6.90. The van der Waals surface area contributed by atoms with Crippen LogP contribution in [0.5, 0.6) is 0 Å². The number of carbonyl (C=O) groups excluding carboxylic acids is 1. The first-order chi connectivity index (χ1) is 8.72. The molecular weight excluding hydrogens is 226 g/mol. The van der Waals surface area contributed by atoms with Gasteiger partial charge in [-0.1, -0.05) is 6.92 Å². The average Bonchev–Trinajstić information content (AvgIpc) is 2.88. The molecule has 1 aliphatic heterocycles. The summed E-state index contributed by atoms with van der Waals surface area (Å²) >= 11 is 0. The highest BCUT2D eigenvalue weighted by Crippen LogP contribution is 2.21. The number of aromatic nitrogens is 1. The SMILES string of the molecule is CCC(C)NC(=O)c1cccn1C1CCNCC1. The lowest BCUT2D eigenvalue weighted by atomic mass is 10.1. The number of carbonyl (C=O) groups is 1. The molecule has 1 fully saturated rings. The highest BCUT2D eigenvalue weighted by Gasteiger charge is 2.20. The maximum Gasteiger partial charge on any atom is 0.268 e. The van der Waals surface area contributed by atoms with E-state index in [1.165, 1.54) is 0 Å². The van der Waals surface area contributed by atoms with Crippen molar-refractivity contribution in [1.82, 2.24) is 15.2 Å². The smallest absolute Gasteiger partial charge is 0.268 e. The Balaban J connectivity index is 2.09. The number of nitrogens with one attached hydrogen (secondary N) is 2. The third-order valence-electron chi connectivity index (χ3n) is 3.70. The standard InChI is InChI=1S/C14H23N3O/c1-3-11(2)16-14(18)13-5-4-10-17(13)12-6-8-15-9-7-12/h4-5,10-12,15H,3,6-9H2,1-2H3,(H,16,18). The first-order valence-corrected chi connectivity index (χ1v) is 6.90. The summed E-state index contributed by atoms with van der Waals surface area (Å²) in [6, 6.07) is 4.57. The summed E-state index contributed by atoms with van der Waals surface area (Å²) < 4.78 is 2.14. The molecule has 2 rings (SSSR count). The predicted molar refractivity (Wildman–Crippen MR) is 72.8 cm³/mol. The molecule has 0 spiro atoms. The van der Waals surface area contributed by atoms with E-state index >= 15 is 0 Å². The van der Waals surface area contributed by atoms with Crippen molar-refractivity contribution in [3.8, 4) is 0 Å². The number of piperidine rings is 1. The molecule has 4 heteroatoms. The highest BCUT2D eigenvalue weighted by molar-refractivity contribution is 5.93. The minimum atomic E-state index is 0.0490. The van der Waals surface area contributed by atoms with Crippen LogP contribution in [0.2, 0.25) is 0 Å². The molecule has 1 aromatic heterocycles. The van der Waals surface area contributed by atoms with E-state index in [0.29, 0.717) is 6.04 Å². The van der Waals surface area contributed by atoms with Crippen LogP contribution >= 0.6 is 0 Å². The number of nitrogens with zero attached hydrogens (tertiary/aromatic N) is 1. The topological polar surface area (TPSA) is 46.1 Å². The third kappa shape index (κ3) is 2.93. The Hall–Kier alpha value is -1.29. The number of rotatable bonds is 4. The lowest BCUT2D eigenvalue weighted by Gasteiger charge is -2.26. The van der Waals surface area contributed by atoms with E-state index in [9.17, 15) is 4.79 Å². The fourth-order valence-electron chi connectivity index (χ4n) is 2.39. The zero-order chi connectivity index (χ0) is 13.0. The Labute approximate surface area is 109 Å². The van der Waals surface area contributed by atoms with Gasteiger partial charge in [0.1, 0.15) is 5.69 Å². The van der Waals surface area contributed by atoms with E-state index < -0.39 is 0 Å². The van der Waals surface area contributed by atoms with Crippen LogP contribution in [-0.2, 0) is 0 Å². The number of hydrogen-bond acceptors (Lipinski definition) is 2. The molecule has 1 amide bonds. The Bertz CT molecular complexity index is 393. The number of amides is 1. The van der Waals surface area contributed by atoms with Gasteiger partial charge >= 0.3 is 0 Å². The van der Waals surface area contributed by atoms with Crippen molar-refractivity contribution in [2.75, 3.05) is 13.1 Å². The fraction of sp³-hybridized carbons (Fsp3) is 0.643. The van der Waals surface area contributed by atoms with Gasteiger partial charge in [0.05, 0.1) is 0 Å². The van der Waals surface area contributed by atoms with Gasteiger partial charge in [-0.05, 0) is 51.4 Å². The summed E-state index contributed by atoms with van der Waals surface area (Å²) in [5.41, 5.74) is 0.794. The van der Waals surface area contributed by atoms with Crippen LogP contribution in [0, 0.1) is 0 Å². The molecule has 4 nitrogen and oxygen atoms in total. The van der Waals surface area contributed by atoms with Gasteiger partial charge in [-0.2, -0.15) is 0 Å². The minimum absolute atomic E-state index is 0.0490. The van der Waals surface area contributed by atoms with Crippen molar-refractivity contribution in [1.29, 1.82) is 0 Å². The number of hydrogen-bond donors (Lipinski definition) is 2. The summed E-state index contributed by atoms with van der Waals surface area (Å²) in [5.74, 6) is 0.0490. The zero-order valence-corrected chi connectivity index (χ0v) is 11.3. The second-order valence-corrected chi connectivity index (χ2v) is 5.06. The molecule has 100 valence electrons. The summed E-state index contributed by atoms with van der Waals surface area (Å²) in [5, 5.41) is 6.39. The van der Waals surface area contributed by atoms with Gasteiger partial charge in [0.25, 0.3) is 5.91 Å². The molecular formula is C14H23N3O. The normalized spacial score (nSPS) is 18.6. The second-order valence-electron chi connectivity index (χ2n) is 5.06. The molecule has 1 saturated heterocycles. The molecule has 2 N–H and O–H groups in total. The lowest BCUT2D eigenvalue weighted by molar-refractivity contribution is 0.0926. The van der Waals surface area contributed by atoms with Crippen LogP contribution in [0.25, 0.3) is 0 Å². The van der Waals surface area contributed by atoms with Gasteiger partial charge in [0.2, 0.25) is 0 Å². The Morgan fingerprint density at radius 3 is 2.94 bits per heavy atom. The molecule has 0 aromatic carbocycles. The molecule has 0 aliphatic carbocycles. The second kappa shape index (κ2) is 6.05. The fourth-order valence-corrected chi connectivity index (χ4v) is 2.39. The van der Waals surface area contributed by atoms with Crippen LogP contribution in [0.15, 0.2) is 18.3 Å². The molecule has 0 saturated carbocycles. The van der Waals surface area contributed by atoms with E-state index in [1.54, 1.807) is 0 Å². The van der Waals surface area contributed by atoms with Crippen molar-refractivity contribution < 1.29 is 4.79 Å². The van der Waals surface area contributed by atoms with E-state index in [2.05, 4.69) is 22.1 Å². The molecule has 1 aromatic rings. The maximum atomic E-state index is 12.2. The molecule has 18 heavy (non-hydrogen) atoms. The summed E-state index contributed by atoms with van der Waals surface area (Å²) in [7, 11) is 0. The zero-order valence-electron chi connectivity index (χ0n) is 11.3. The van der Waals surface area contributed by atoms with Crippen molar-refractivity contribution in [3.63, 3.8) is 0 Å². The van der Waals surface area contributed by atoms with Crippen LogP contribution in [-0.4, -0.2) is 29.6 Å². The van der Waals surface area contributed by atoms with Gasteiger partial charge in [-0.15, -0.1) is 0 Å². The average molecular weight is 249 g/mol. The molecule has 1 aliphatic rings. The molecule has 1 unspecified atom stereocenters. The Kier molecular flexibility index (Phi) is 4.42. The maximum absolute atomic E-state index is 12.2. The largest absolute Gasteiger partial charge is 0.348 e. The van der Waals surface area contributed by atoms with Crippen LogP contribution in [0.3, 0.4) is 0 Å². The Morgan fingerprint density at radius 1 is 1.56 bits per heavy atom. The van der Waals surface area contributed by atoms with Crippen LogP contribution in [0.4, 0.5) is 0 Å². The highest BCUT2D eigenvalue weighted by atomic mass is 16.2. The Morgan fingerprint density at radius 2 is 2.28 bits per heavy atom. The van der Waals surface area contributed by atoms with Gasteiger partial charge in [0.15, 0.2) is 0 Å². The minimum Gasteiger partial charge on any atom is -0.348 e. The van der Waals surface area contributed by atoms with Crippen LogP contribution < -0.4 is 10.6 Å². The van der Waals surface area contributed by atoms with Crippen molar-refractivity contribution in [2.24, 2.45) is 0 Å². The molecule has 2 heterocycles. The van der Waals surface area contributed by atoms with Crippen molar-refractivity contribution in [2.45, 2.75) is 45.2 Å². The van der Waals surface area contributed by atoms with E-state index in [1.807, 2.05) is 25.3 Å². The monoisotopic (exact) mass is 249 g/mol. The van der Waals surface area contributed by atoms with Gasteiger partial charge in [0, 0.05) is 18.3 Å². The molecule has 1 atom stereocenters. The summed E-state index contributed by atoms with van der Waals surface area (Å²) in [6.45, 7) is 6.19.